The standard InChI is InChI=1S/C26H22FNO5S/c1-14(11-22(29)28-21-9-10-34-25(21)26(30)32-4)18-12-19-20(16-5-7-17(27)8-6-16)13-33-24(19)15(2)23(18)31-3/h5-13H,1-4H3,(H,28,29)/b14-11+. The third kappa shape index (κ3) is 4.32. The third-order valence-corrected chi connectivity index (χ3v) is 6.36. The van der Waals surface area contributed by atoms with E-state index in [0.29, 0.717) is 33.0 Å². The van der Waals surface area contributed by atoms with Gasteiger partial charge < -0.3 is 19.2 Å². The van der Waals surface area contributed by atoms with Crippen molar-refractivity contribution in [3.8, 4) is 16.9 Å². The summed E-state index contributed by atoms with van der Waals surface area (Å²) in [6, 6.07) is 9.72. The van der Waals surface area contributed by atoms with E-state index in [2.05, 4.69) is 5.32 Å². The Labute approximate surface area is 199 Å². The molecule has 34 heavy (non-hydrogen) atoms. The van der Waals surface area contributed by atoms with Gasteiger partial charge in [-0.3, -0.25) is 4.79 Å². The van der Waals surface area contributed by atoms with E-state index in [1.807, 2.05) is 13.0 Å². The Balaban J connectivity index is 1.74. The maximum atomic E-state index is 13.4. The monoisotopic (exact) mass is 479 g/mol. The first-order chi connectivity index (χ1) is 16.3. The maximum Gasteiger partial charge on any atom is 0.350 e. The predicted molar refractivity (Wildman–Crippen MR) is 131 cm³/mol. The van der Waals surface area contributed by atoms with Gasteiger partial charge in [-0.15, -0.1) is 11.3 Å². The first-order valence-electron chi connectivity index (χ1n) is 10.3. The van der Waals surface area contributed by atoms with Gasteiger partial charge in [-0.05, 0) is 54.6 Å². The Bertz CT molecular complexity index is 1420. The van der Waals surface area contributed by atoms with Crippen molar-refractivity contribution in [2.75, 3.05) is 19.5 Å². The van der Waals surface area contributed by atoms with Crippen LogP contribution < -0.4 is 10.1 Å². The van der Waals surface area contributed by atoms with Crippen LogP contribution in [0.25, 0.3) is 27.7 Å². The van der Waals surface area contributed by atoms with E-state index in [0.717, 1.165) is 22.1 Å². The van der Waals surface area contributed by atoms with Crippen molar-refractivity contribution in [3.05, 3.63) is 75.9 Å². The van der Waals surface area contributed by atoms with Crippen molar-refractivity contribution < 1.29 is 27.9 Å². The molecule has 0 spiro atoms. The Morgan fingerprint density at radius 2 is 1.88 bits per heavy atom. The topological polar surface area (TPSA) is 77.8 Å². The van der Waals surface area contributed by atoms with E-state index >= 15 is 0 Å². The van der Waals surface area contributed by atoms with Crippen molar-refractivity contribution in [3.63, 3.8) is 0 Å². The SMILES string of the molecule is COC(=O)c1sccc1NC(=O)/C=C(\C)c1cc2c(-c3ccc(F)cc3)coc2c(C)c1OC. The fourth-order valence-corrected chi connectivity index (χ4v) is 4.59. The molecule has 8 heteroatoms. The number of methoxy groups -OCH3 is 2. The van der Waals surface area contributed by atoms with Gasteiger partial charge >= 0.3 is 5.97 Å². The molecule has 1 N–H and O–H groups in total. The van der Waals surface area contributed by atoms with E-state index in [1.54, 1.807) is 43.9 Å². The summed E-state index contributed by atoms with van der Waals surface area (Å²) in [5, 5.41) is 5.25. The lowest BCUT2D eigenvalue weighted by molar-refractivity contribution is -0.111. The van der Waals surface area contributed by atoms with Gasteiger partial charge in [0.25, 0.3) is 0 Å². The Hall–Kier alpha value is -3.91. The lowest BCUT2D eigenvalue weighted by Gasteiger charge is -2.13. The van der Waals surface area contributed by atoms with E-state index in [1.165, 1.54) is 36.7 Å². The Morgan fingerprint density at radius 1 is 1.15 bits per heavy atom. The second-order valence-corrected chi connectivity index (χ2v) is 8.50. The number of carbonyl (C=O) groups excluding carboxylic acids is 2. The van der Waals surface area contributed by atoms with Gasteiger partial charge in [-0.25, -0.2) is 9.18 Å². The number of rotatable bonds is 6. The van der Waals surface area contributed by atoms with Crippen LogP contribution in [-0.4, -0.2) is 26.1 Å². The molecule has 0 aliphatic heterocycles. The number of carbonyl (C=O) groups is 2. The molecule has 0 bridgehead atoms. The molecule has 0 atom stereocenters. The summed E-state index contributed by atoms with van der Waals surface area (Å²) in [6.07, 6.45) is 3.07. The second-order valence-electron chi connectivity index (χ2n) is 7.59. The van der Waals surface area contributed by atoms with Gasteiger partial charge in [-0.2, -0.15) is 0 Å². The van der Waals surface area contributed by atoms with Crippen LogP contribution in [0.15, 0.2) is 58.5 Å². The van der Waals surface area contributed by atoms with E-state index in [-0.39, 0.29) is 5.82 Å². The number of esters is 1. The second kappa shape index (κ2) is 9.52. The minimum Gasteiger partial charge on any atom is -0.496 e. The number of hydrogen-bond acceptors (Lipinski definition) is 6. The van der Waals surface area contributed by atoms with Crippen molar-refractivity contribution in [1.82, 2.24) is 0 Å². The fraction of sp³-hybridized carbons (Fsp3) is 0.154. The molecule has 174 valence electrons. The fourth-order valence-electron chi connectivity index (χ4n) is 3.83. The zero-order valence-electron chi connectivity index (χ0n) is 19.0. The number of anilines is 1. The zero-order chi connectivity index (χ0) is 24.4. The first-order valence-corrected chi connectivity index (χ1v) is 11.2. The number of aryl methyl sites for hydroxylation is 1. The summed E-state index contributed by atoms with van der Waals surface area (Å²) >= 11 is 1.19. The normalized spacial score (nSPS) is 11.5. The highest BCUT2D eigenvalue weighted by Gasteiger charge is 2.20. The van der Waals surface area contributed by atoms with Crippen molar-refractivity contribution in [2.24, 2.45) is 0 Å². The van der Waals surface area contributed by atoms with Gasteiger partial charge in [0.05, 0.1) is 26.2 Å². The molecule has 2 aromatic heterocycles. The van der Waals surface area contributed by atoms with Crippen LogP contribution in [0.1, 0.15) is 27.7 Å². The molecule has 2 aromatic carbocycles. The highest BCUT2D eigenvalue weighted by Crippen LogP contribution is 2.40. The highest BCUT2D eigenvalue weighted by molar-refractivity contribution is 7.12. The number of hydrogen-bond donors (Lipinski definition) is 1. The maximum absolute atomic E-state index is 13.4. The lowest BCUT2D eigenvalue weighted by Crippen LogP contribution is -2.11. The van der Waals surface area contributed by atoms with Gasteiger partial charge in [0, 0.05) is 28.2 Å². The van der Waals surface area contributed by atoms with E-state index in [4.69, 9.17) is 13.9 Å². The summed E-state index contributed by atoms with van der Waals surface area (Å²) < 4.78 is 29.6. The summed E-state index contributed by atoms with van der Waals surface area (Å²) in [7, 11) is 2.85. The molecule has 6 nitrogen and oxygen atoms in total. The highest BCUT2D eigenvalue weighted by atomic mass is 32.1. The van der Waals surface area contributed by atoms with Crippen LogP contribution >= 0.6 is 11.3 Å². The minimum atomic E-state index is -0.512. The molecule has 4 rings (SSSR count). The third-order valence-electron chi connectivity index (χ3n) is 5.47. The number of nitrogens with one attached hydrogen (secondary N) is 1. The number of fused-ring (bicyclic) bond motifs is 1. The molecule has 4 aromatic rings. The number of amides is 1. The molecular weight excluding hydrogens is 457 g/mol. The van der Waals surface area contributed by atoms with Crippen LogP contribution in [0.5, 0.6) is 5.75 Å². The van der Waals surface area contributed by atoms with E-state index < -0.39 is 11.9 Å². The number of furan rings is 1. The quantitative estimate of drug-likeness (QED) is 0.254. The number of halogens is 1. The molecule has 0 saturated heterocycles. The number of thiophene rings is 1. The first kappa shape index (κ1) is 23.3. The average molecular weight is 480 g/mol. The Kier molecular flexibility index (Phi) is 6.51. The molecular formula is C26H22FNO5S. The summed E-state index contributed by atoms with van der Waals surface area (Å²) in [6.45, 7) is 3.68. The van der Waals surface area contributed by atoms with Crippen LogP contribution in [0.4, 0.5) is 10.1 Å². The molecule has 0 saturated carbocycles. The van der Waals surface area contributed by atoms with Crippen LogP contribution in [-0.2, 0) is 9.53 Å². The largest absolute Gasteiger partial charge is 0.496 e. The molecule has 0 unspecified atom stereocenters. The van der Waals surface area contributed by atoms with Gasteiger partial charge in [0.15, 0.2) is 0 Å². The summed E-state index contributed by atoms with van der Waals surface area (Å²) in [4.78, 5) is 24.9. The summed E-state index contributed by atoms with van der Waals surface area (Å²) in [5.41, 5.74) is 4.80. The molecule has 2 heterocycles. The van der Waals surface area contributed by atoms with Crippen LogP contribution in [0, 0.1) is 12.7 Å². The Morgan fingerprint density at radius 3 is 2.56 bits per heavy atom. The molecule has 1 amide bonds. The zero-order valence-corrected chi connectivity index (χ0v) is 19.8. The van der Waals surface area contributed by atoms with Gasteiger partial charge in [-0.1, -0.05) is 12.1 Å². The average Bonchev–Trinajstić information content (AvgIpc) is 3.46. The minimum absolute atomic E-state index is 0.319. The number of allylic oxidation sites excluding steroid dienone is 1. The molecule has 0 aliphatic rings. The van der Waals surface area contributed by atoms with Gasteiger partial charge in [0.1, 0.15) is 22.0 Å². The molecule has 0 radical (unpaired) electrons. The molecule has 0 fully saturated rings. The van der Waals surface area contributed by atoms with Crippen molar-refractivity contribution >= 4 is 45.4 Å². The van der Waals surface area contributed by atoms with E-state index in [9.17, 15) is 14.0 Å². The smallest absolute Gasteiger partial charge is 0.350 e. The lowest BCUT2D eigenvalue weighted by atomic mass is 9.96. The van der Waals surface area contributed by atoms with Crippen LogP contribution in [0.3, 0.4) is 0 Å². The number of ether oxygens (including phenoxy) is 2. The van der Waals surface area contributed by atoms with Crippen LogP contribution in [0.2, 0.25) is 0 Å². The molecule has 0 aliphatic carbocycles. The van der Waals surface area contributed by atoms with Crippen molar-refractivity contribution in [1.29, 1.82) is 0 Å². The number of benzene rings is 2. The summed E-state index contributed by atoms with van der Waals surface area (Å²) in [5.74, 6) is -0.644. The van der Waals surface area contributed by atoms with Crippen molar-refractivity contribution in [2.45, 2.75) is 13.8 Å². The van der Waals surface area contributed by atoms with Gasteiger partial charge in [0.2, 0.25) is 5.91 Å². The predicted octanol–water partition coefficient (Wildman–Crippen LogP) is 6.45.